The average molecular weight is 401 g/mol. The van der Waals surface area contributed by atoms with Crippen molar-refractivity contribution in [1.82, 2.24) is 15.6 Å². The van der Waals surface area contributed by atoms with Crippen LogP contribution in [-0.4, -0.2) is 36.4 Å². The molecule has 0 bridgehead atoms. The number of nitrogens with one attached hydrogen (secondary N) is 3. The van der Waals surface area contributed by atoms with Gasteiger partial charge in [-0.15, -0.1) is 13.2 Å². The summed E-state index contributed by atoms with van der Waals surface area (Å²) in [7, 11) is 0. The number of nitrogen functional groups attached to an aromatic ring is 1. The molecule has 0 radical (unpaired) electrons. The number of rotatable bonds is 5. The Bertz CT molecular complexity index is 788. The van der Waals surface area contributed by atoms with E-state index in [4.69, 9.17) is 5.73 Å². The van der Waals surface area contributed by atoms with Crippen molar-refractivity contribution in [3.05, 3.63) is 29.1 Å². The van der Waals surface area contributed by atoms with Gasteiger partial charge in [-0.1, -0.05) is 11.3 Å². The smallest absolute Gasteiger partial charge is 0.406 e. The van der Waals surface area contributed by atoms with Gasteiger partial charge >= 0.3 is 6.36 Å². The summed E-state index contributed by atoms with van der Waals surface area (Å²) in [6.07, 6.45) is -2.85. The first-order valence-corrected chi connectivity index (χ1v) is 9.02. The van der Waals surface area contributed by atoms with Gasteiger partial charge in [0.1, 0.15) is 16.4 Å². The number of anilines is 3. The monoisotopic (exact) mass is 401 g/mol. The van der Waals surface area contributed by atoms with Crippen molar-refractivity contribution in [1.29, 1.82) is 0 Å². The minimum absolute atomic E-state index is 0.0466. The van der Waals surface area contributed by atoms with E-state index >= 15 is 0 Å². The highest BCUT2D eigenvalue weighted by Crippen LogP contribution is 2.29. The van der Waals surface area contributed by atoms with Crippen LogP contribution in [0.25, 0.3) is 0 Å². The van der Waals surface area contributed by atoms with Gasteiger partial charge in [0.25, 0.3) is 5.91 Å². The van der Waals surface area contributed by atoms with Crippen LogP contribution < -0.4 is 26.4 Å². The molecule has 1 aliphatic rings. The topological polar surface area (TPSA) is 101 Å². The highest BCUT2D eigenvalue weighted by atomic mass is 32.1. The van der Waals surface area contributed by atoms with Crippen molar-refractivity contribution in [2.24, 2.45) is 0 Å². The van der Waals surface area contributed by atoms with Gasteiger partial charge < -0.3 is 26.4 Å². The van der Waals surface area contributed by atoms with Crippen LogP contribution in [-0.2, 0) is 0 Å². The van der Waals surface area contributed by atoms with E-state index in [9.17, 15) is 18.0 Å². The number of amides is 1. The van der Waals surface area contributed by atoms with Crippen LogP contribution in [0.3, 0.4) is 0 Å². The molecule has 1 aromatic carbocycles. The number of piperidine rings is 1. The standard InChI is InChI=1S/C16H18F3N5O2S/c17-16(18,19)26-11-5-3-9(4-6-11)23-15-24-13(20)12(27-15)14(25)22-10-2-1-7-21-8-10/h3-6,10,21H,1-2,7-8,20H2,(H,22,25)(H,23,24)/t10-/m0/s1. The molecule has 2 aromatic rings. The van der Waals surface area contributed by atoms with E-state index in [1.807, 2.05) is 0 Å². The summed E-state index contributed by atoms with van der Waals surface area (Å²) in [5, 5.41) is 9.41. The summed E-state index contributed by atoms with van der Waals surface area (Å²) in [6.45, 7) is 1.65. The second-order valence-electron chi connectivity index (χ2n) is 5.95. The number of hydrogen-bond acceptors (Lipinski definition) is 7. The Morgan fingerprint density at radius 1 is 1.33 bits per heavy atom. The third-order valence-corrected chi connectivity index (χ3v) is 4.82. The maximum atomic E-state index is 12.4. The van der Waals surface area contributed by atoms with E-state index in [-0.39, 0.29) is 23.5 Å². The number of halogens is 3. The van der Waals surface area contributed by atoms with Crippen molar-refractivity contribution < 1.29 is 22.7 Å². The molecule has 2 heterocycles. The van der Waals surface area contributed by atoms with Gasteiger partial charge in [-0.25, -0.2) is 4.98 Å². The number of hydrogen-bond donors (Lipinski definition) is 4. The zero-order valence-corrected chi connectivity index (χ0v) is 14.9. The molecular weight excluding hydrogens is 383 g/mol. The lowest BCUT2D eigenvalue weighted by molar-refractivity contribution is -0.274. The summed E-state index contributed by atoms with van der Waals surface area (Å²) < 4.78 is 40.3. The first-order chi connectivity index (χ1) is 12.8. The quantitative estimate of drug-likeness (QED) is 0.615. The SMILES string of the molecule is Nc1nc(Nc2ccc(OC(F)(F)F)cc2)sc1C(=O)N[C@H]1CCCNC1. The highest BCUT2D eigenvalue weighted by Gasteiger charge is 2.31. The summed E-state index contributed by atoms with van der Waals surface area (Å²) in [5.74, 6) is -0.519. The fourth-order valence-corrected chi connectivity index (χ4v) is 3.45. The number of carbonyl (C=O) groups is 1. The number of carbonyl (C=O) groups excluding carboxylic acids is 1. The van der Waals surface area contributed by atoms with Gasteiger partial charge in [-0.05, 0) is 43.7 Å². The predicted octanol–water partition coefficient (Wildman–Crippen LogP) is 2.85. The first kappa shape index (κ1) is 19.2. The van der Waals surface area contributed by atoms with Crippen LogP contribution in [0.2, 0.25) is 0 Å². The van der Waals surface area contributed by atoms with Gasteiger partial charge in [0, 0.05) is 18.3 Å². The summed E-state index contributed by atoms with van der Waals surface area (Å²) >= 11 is 1.07. The molecule has 1 fully saturated rings. The lowest BCUT2D eigenvalue weighted by Gasteiger charge is -2.23. The molecule has 1 atom stereocenters. The fourth-order valence-electron chi connectivity index (χ4n) is 2.64. The second-order valence-corrected chi connectivity index (χ2v) is 6.95. The number of nitrogens with two attached hydrogens (primary N) is 1. The number of benzene rings is 1. The summed E-state index contributed by atoms with van der Waals surface area (Å²) in [4.78, 5) is 16.8. The van der Waals surface area contributed by atoms with Gasteiger partial charge in [-0.3, -0.25) is 4.79 Å². The van der Waals surface area contributed by atoms with Crippen LogP contribution in [0.4, 0.5) is 29.8 Å². The van der Waals surface area contributed by atoms with E-state index in [0.29, 0.717) is 22.2 Å². The van der Waals surface area contributed by atoms with E-state index in [1.165, 1.54) is 24.3 Å². The molecular formula is C16H18F3N5O2S. The molecule has 1 aliphatic heterocycles. The average Bonchev–Trinajstić information content (AvgIpc) is 2.97. The fraction of sp³-hybridized carbons (Fsp3) is 0.375. The normalized spacial score (nSPS) is 17.4. The zero-order chi connectivity index (χ0) is 19.4. The van der Waals surface area contributed by atoms with E-state index in [1.54, 1.807) is 0 Å². The number of nitrogens with zero attached hydrogens (tertiary/aromatic N) is 1. The number of alkyl halides is 3. The molecule has 7 nitrogen and oxygen atoms in total. The molecule has 27 heavy (non-hydrogen) atoms. The minimum Gasteiger partial charge on any atom is -0.406 e. The highest BCUT2D eigenvalue weighted by molar-refractivity contribution is 7.18. The zero-order valence-electron chi connectivity index (χ0n) is 14.1. The van der Waals surface area contributed by atoms with Crippen molar-refractivity contribution in [2.45, 2.75) is 25.2 Å². The molecule has 3 rings (SSSR count). The Balaban J connectivity index is 1.63. The maximum absolute atomic E-state index is 12.4. The second kappa shape index (κ2) is 8.01. The Hall–Kier alpha value is -2.53. The van der Waals surface area contributed by atoms with Crippen molar-refractivity contribution in [3.63, 3.8) is 0 Å². The van der Waals surface area contributed by atoms with Crippen molar-refractivity contribution >= 4 is 33.9 Å². The molecule has 0 aliphatic carbocycles. The predicted molar refractivity (Wildman–Crippen MR) is 96.3 cm³/mol. The van der Waals surface area contributed by atoms with E-state index < -0.39 is 6.36 Å². The molecule has 1 saturated heterocycles. The first-order valence-electron chi connectivity index (χ1n) is 8.21. The van der Waals surface area contributed by atoms with E-state index in [0.717, 1.165) is 30.7 Å². The van der Waals surface area contributed by atoms with Crippen LogP contribution in [0.1, 0.15) is 22.5 Å². The Kier molecular flexibility index (Phi) is 5.71. The third-order valence-electron chi connectivity index (χ3n) is 3.83. The number of ether oxygens (including phenoxy) is 1. The lowest BCUT2D eigenvalue weighted by atomic mass is 10.1. The molecule has 1 amide bonds. The van der Waals surface area contributed by atoms with Crippen molar-refractivity contribution in [2.75, 3.05) is 24.1 Å². The number of thiazole rings is 1. The summed E-state index contributed by atoms with van der Waals surface area (Å²) in [5.41, 5.74) is 6.32. The third kappa shape index (κ3) is 5.47. The van der Waals surface area contributed by atoms with Crippen LogP contribution >= 0.6 is 11.3 Å². The van der Waals surface area contributed by atoms with Gasteiger partial charge in [0.2, 0.25) is 0 Å². The van der Waals surface area contributed by atoms with Gasteiger partial charge in [0.15, 0.2) is 5.13 Å². The maximum Gasteiger partial charge on any atom is 0.573 e. The van der Waals surface area contributed by atoms with Crippen LogP contribution in [0.15, 0.2) is 24.3 Å². The summed E-state index contributed by atoms with van der Waals surface area (Å²) in [6, 6.07) is 5.22. The molecule has 0 unspecified atom stereocenters. The molecule has 0 saturated carbocycles. The minimum atomic E-state index is -4.74. The Morgan fingerprint density at radius 2 is 2.07 bits per heavy atom. The van der Waals surface area contributed by atoms with Crippen LogP contribution in [0.5, 0.6) is 5.75 Å². The molecule has 1 aromatic heterocycles. The Labute approximate surface area is 157 Å². The van der Waals surface area contributed by atoms with Gasteiger partial charge in [-0.2, -0.15) is 0 Å². The van der Waals surface area contributed by atoms with Gasteiger partial charge in [0.05, 0.1) is 0 Å². The largest absolute Gasteiger partial charge is 0.573 e. The molecule has 0 spiro atoms. The Morgan fingerprint density at radius 3 is 2.70 bits per heavy atom. The molecule has 5 N–H and O–H groups in total. The van der Waals surface area contributed by atoms with Crippen LogP contribution in [0, 0.1) is 0 Å². The molecule has 146 valence electrons. The van der Waals surface area contributed by atoms with Crippen molar-refractivity contribution in [3.8, 4) is 5.75 Å². The molecule has 11 heteroatoms. The van der Waals surface area contributed by atoms with E-state index in [2.05, 4.69) is 25.7 Å². The lowest BCUT2D eigenvalue weighted by Crippen LogP contribution is -2.45. The number of aromatic nitrogens is 1.